The van der Waals surface area contributed by atoms with Crippen molar-refractivity contribution in [1.29, 1.82) is 0 Å². The van der Waals surface area contributed by atoms with Crippen molar-refractivity contribution < 1.29 is 19.3 Å². The SMILES string of the molecule is C=N/C(=C\Nc1ccc(N/C=C(\N)CNC(=S)OC)cc1F)C(O)CO.CC. The fraction of sp³-hybridized carbons (Fsp3) is 0.333. The number of thiocarbonyl (C=S) groups is 1. The van der Waals surface area contributed by atoms with Crippen LogP contribution in [-0.2, 0) is 4.74 Å². The normalized spacial score (nSPS) is 12.2. The molecule has 1 aromatic rings. The molecule has 1 aromatic carbocycles. The van der Waals surface area contributed by atoms with E-state index in [4.69, 9.17) is 27.8 Å². The number of aliphatic hydroxyl groups excluding tert-OH is 2. The van der Waals surface area contributed by atoms with Gasteiger partial charge < -0.3 is 36.6 Å². The van der Waals surface area contributed by atoms with Crippen molar-refractivity contribution in [3.05, 3.63) is 47.8 Å². The Hall–Kier alpha value is -2.69. The van der Waals surface area contributed by atoms with E-state index in [1.807, 2.05) is 13.8 Å². The summed E-state index contributed by atoms with van der Waals surface area (Å²) in [7, 11) is 1.44. The highest BCUT2D eigenvalue weighted by atomic mass is 32.1. The molecule has 0 aromatic heterocycles. The lowest BCUT2D eigenvalue weighted by Gasteiger charge is -2.10. The van der Waals surface area contributed by atoms with Gasteiger partial charge in [0.2, 0.25) is 0 Å². The number of aliphatic imine (C=N–C) groups is 1. The number of hydrogen-bond acceptors (Lipinski definition) is 8. The molecule has 1 rings (SSSR count). The quantitative estimate of drug-likeness (QED) is 0.268. The van der Waals surface area contributed by atoms with Crippen molar-refractivity contribution in [3.8, 4) is 0 Å². The number of methoxy groups -OCH3 is 1. The Morgan fingerprint density at radius 1 is 1.39 bits per heavy atom. The van der Waals surface area contributed by atoms with Crippen LogP contribution < -0.4 is 21.7 Å². The monoisotopic (exact) mass is 413 g/mol. The number of ether oxygens (including phenoxy) is 1. The first-order valence-electron chi connectivity index (χ1n) is 8.46. The lowest BCUT2D eigenvalue weighted by Crippen LogP contribution is -2.27. The second-order valence-corrected chi connectivity index (χ2v) is 5.34. The molecule has 0 heterocycles. The molecule has 0 spiro atoms. The molecule has 0 saturated carbocycles. The Kier molecular flexibility index (Phi) is 13.0. The van der Waals surface area contributed by atoms with Gasteiger partial charge in [0.25, 0.3) is 5.17 Å². The van der Waals surface area contributed by atoms with Crippen LogP contribution in [0.2, 0.25) is 0 Å². The topological polar surface area (TPSA) is 124 Å². The predicted octanol–water partition coefficient (Wildman–Crippen LogP) is 1.89. The molecular weight excluding hydrogens is 385 g/mol. The van der Waals surface area contributed by atoms with E-state index in [0.717, 1.165) is 0 Å². The number of benzene rings is 1. The minimum Gasteiger partial charge on any atom is -0.474 e. The molecule has 0 radical (unpaired) electrons. The average Bonchev–Trinajstić information content (AvgIpc) is 2.73. The van der Waals surface area contributed by atoms with Gasteiger partial charge in [-0.05, 0) is 37.1 Å². The molecule has 0 aliphatic carbocycles. The molecule has 0 aliphatic rings. The molecule has 8 nitrogen and oxygen atoms in total. The van der Waals surface area contributed by atoms with Gasteiger partial charge in [0.05, 0.1) is 31.6 Å². The molecule has 0 saturated heterocycles. The summed E-state index contributed by atoms with van der Waals surface area (Å²) in [6, 6.07) is 4.37. The number of halogens is 1. The van der Waals surface area contributed by atoms with Crippen LogP contribution in [-0.4, -0.2) is 48.5 Å². The number of rotatable bonds is 9. The fourth-order valence-corrected chi connectivity index (χ4v) is 1.76. The van der Waals surface area contributed by atoms with E-state index in [1.54, 1.807) is 6.07 Å². The smallest absolute Gasteiger partial charge is 0.256 e. The number of anilines is 2. The minimum absolute atomic E-state index is 0.0891. The zero-order valence-corrected chi connectivity index (χ0v) is 17.0. The van der Waals surface area contributed by atoms with Crippen molar-refractivity contribution in [2.75, 3.05) is 30.9 Å². The molecule has 0 aliphatic heterocycles. The van der Waals surface area contributed by atoms with Gasteiger partial charge >= 0.3 is 0 Å². The second kappa shape index (κ2) is 14.4. The Morgan fingerprint density at radius 3 is 2.61 bits per heavy atom. The van der Waals surface area contributed by atoms with Gasteiger partial charge in [0, 0.05) is 23.8 Å². The van der Waals surface area contributed by atoms with Gasteiger partial charge in [-0.1, -0.05) is 13.8 Å². The predicted molar refractivity (Wildman–Crippen MR) is 116 cm³/mol. The van der Waals surface area contributed by atoms with E-state index in [9.17, 15) is 9.50 Å². The second-order valence-electron chi connectivity index (χ2n) is 4.97. The summed E-state index contributed by atoms with van der Waals surface area (Å²) in [5.41, 5.74) is 6.94. The molecule has 156 valence electrons. The van der Waals surface area contributed by atoms with Crippen LogP contribution in [0.15, 0.2) is 47.0 Å². The van der Waals surface area contributed by atoms with E-state index >= 15 is 0 Å². The van der Waals surface area contributed by atoms with Gasteiger partial charge in [-0.3, -0.25) is 4.99 Å². The molecule has 0 bridgehead atoms. The van der Waals surface area contributed by atoms with Crippen LogP contribution in [0, 0.1) is 5.82 Å². The number of nitrogens with zero attached hydrogens (tertiary/aromatic N) is 1. The molecule has 0 amide bonds. The Morgan fingerprint density at radius 2 is 2.07 bits per heavy atom. The van der Waals surface area contributed by atoms with Crippen molar-refractivity contribution >= 4 is 35.5 Å². The third-order valence-corrected chi connectivity index (χ3v) is 3.40. The Balaban J connectivity index is 0.00000352. The van der Waals surface area contributed by atoms with Crippen LogP contribution in [0.4, 0.5) is 15.8 Å². The standard InChI is InChI=1S/C16H22FN5O3S.C2H6/c1-19-14(15(24)9-23)8-21-13-4-3-11(5-12(13)17)20-6-10(18)7-22-16(26)25-2;1-2/h3-6,8,15,20-21,23-24H,1,7,9,18H2,2H3,(H,22,26);1-2H3/b10-6-,14-8-;. The van der Waals surface area contributed by atoms with E-state index < -0.39 is 18.5 Å². The molecular formula is C18H28FN5O3S. The van der Waals surface area contributed by atoms with Crippen LogP contribution >= 0.6 is 12.2 Å². The maximum Gasteiger partial charge on any atom is 0.256 e. The van der Waals surface area contributed by atoms with E-state index in [0.29, 0.717) is 11.4 Å². The lowest BCUT2D eigenvalue weighted by atomic mass is 10.2. The first-order chi connectivity index (χ1) is 13.4. The van der Waals surface area contributed by atoms with Crippen molar-refractivity contribution in [2.45, 2.75) is 20.0 Å². The summed E-state index contributed by atoms with van der Waals surface area (Å²) in [4.78, 5) is 3.56. The highest BCUT2D eigenvalue weighted by molar-refractivity contribution is 7.80. The third kappa shape index (κ3) is 9.31. The summed E-state index contributed by atoms with van der Waals surface area (Å²) in [6.07, 6.45) is 1.57. The lowest BCUT2D eigenvalue weighted by molar-refractivity contribution is 0.121. The summed E-state index contributed by atoms with van der Waals surface area (Å²) in [5.74, 6) is -0.543. The summed E-state index contributed by atoms with van der Waals surface area (Å²) in [5, 5.41) is 26.9. The number of aliphatic hydroxyl groups is 2. The molecule has 1 unspecified atom stereocenters. The Labute approximate surface area is 170 Å². The largest absolute Gasteiger partial charge is 0.474 e. The fourth-order valence-electron chi connectivity index (χ4n) is 1.69. The number of nitrogens with two attached hydrogens (primary N) is 1. The molecule has 28 heavy (non-hydrogen) atoms. The number of nitrogens with one attached hydrogen (secondary N) is 3. The zero-order chi connectivity index (χ0) is 21.5. The maximum absolute atomic E-state index is 14.1. The van der Waals surface area contributed by atoms with E-state index in [-0.39, 0.29) is 23.1 Å². The average molecular weight is 414 g/mol. The maximum atomic E-state index is 14.1. The molecule has 7 N–H and O–H groups in total. The molecule has 1 atom stereocenters. The molecule has 0 fully saturated rings. The first-order valence-corrected chi connectivity index (χ1v) is 8.86. The zero-order valence-electron chi connectivity index (χ0n) is 16.2. The third-order valence-electron chi connectivity index (χ3n) is 3.09. The van der Waals surface area contributed by atoms with Crippen LogP contribution in [0.1, 0.15) is 13.8 Å². The van der Waals surface area contributed by atoms with Gasteiger partial charge in [0.1, 0.15) is 11.9 Å². The van der Waals surface area contributed by atoms with Crippen molar-refractivity contribution in [3.63, 3.8) is 0 Å². The van der Waals surface area contributed by atoms with Crippen molar-refractivity contribution in [1.82, 2.24) is 5.32 Å². The summed E-state index contributed by atoms with van der Waals surface area (Å²) in [6.45, 7) is 7.04. The molecule has 10 heteroatoms. The summed E-state index contributed by atoms with van der Waals surface area (Å²) >= 11 is 4.82. The first kappa shape index (κ1) is 25.3. The van der Waals surface area contributed by atoms with Crippen molar-refractivity contribution in [2.24, 2.45) is 10.7 Å². The van der Waals surface area contributed by atoms with E-state index in [1.165, 1.54) is 31.6 Å². The van der Waals surface area contributed by atoms with Crippen LogP contribution in [0.5, 0.6) is 0 Å². The summed E-state index contributed by atoms with van der Waals surface area (Å²) < 4.78 is 18.9. The van der Waals surface area contributed by atoms with Gasteiger partial charge in [-0.15, -0.1) is 0 Å². The minimum atomic E-state index is -1.20. The highest BCUT2D eigenvalue weighted by Gasteiger charge is 2.08. The Bertz CT molecular complexity index is 698. The highest BCUT2D eigenvalue weighted by Crippen LogP contribution is 2.19. The van der Waals surface area contributed by atoms with Gasteiger partial charge in [0.15, 0.2) is 0 Å². The van der Waals surface area contributed by atoms with E-state index in [2.05, 4.69) is 27.7 Å². The van der Waals surface area contributed by atoms with Crippen LogP contribution in [0.3, 0.4) is 0 Å². The van der Waals surface area contributed by atoms with Crippen LogP contribution in [0.25, 0.3) is 0 Å². The number of hydrogen-bond donors (Lipinski definition) is 6. The van der Waals surface area contributed by atoms with Gasteiger partial charge in [-0.2, -0.15) is 0 Å². The van der Waals surface area contributed by atoms with Gasteiger partial charge in [-0.25, -0.2) is 4.39 Å².